The van der Waals surface area contributed by atoms with Gasteiger partial charge in [0.05, 0.1) is 13.7 Å². The Hall–Kier alpha value is -3.19. The van der Waals surface area contributed by atoms with Crippen LogP contribution in [0.4, 0.5) is 0 Å². The van der Waals surface area contributed by atoms with Gasteiger partial charge in [0, 0.05) is 41.8 Å². The summed E-state index contributed by atoms with van der Waals surface area (Å²) in [5.41, 5.74) is 2.72. The molecule has 0 aromatic heterocycles. The van der Waals surface area contributed by atoms with E-state index in [0.717, 1.165) is 42.6 Å². The molecule has 3 atom stereocenters. The van der Waals surface area contributed by atoms with Crippen molar-refractivity contribution in [2.24, 2.45) is 5.92 Å². The number of likely N-dealkylation sites (tertiary alicyclic amines) is 1. The number of methoxy groups -OCH3 is 1. The van der Waals surface area contributed by atoms with Crippen molar-refractivity contribution in [3.05, 3.63) is 54.1 Å². The second-order valence-electron chi connectivity index (χ2n) is 8.88. The monoisotopic (exact) mass is 449 g/mol. The lowest BCUT2D eigenvalue weighted by molar-refractivity contribution is -0.126. The smallest absolute Gasteiger partial charge is 0.254 e. The van der Waals surface area contributed by atoms with E-state index in [1.807, 2.05) is 36.4 Å². The largest absolute Gasteiger partial charge is 0.496 e. The number of nitrogens with one attached hydrogen (secondary N) is 2. The molecule has 2 aromatic rings. The third kappa shape index (κ3) is 4.93. The van der Waals surface area contributed by atoms with Gasteiger partial charge in [-0.25, -0.2) is 0 Å². The van der Waals surface area contributed by atoms with Crippen molar-refractivity contribution in [3.63, 3.8) is 0 Å². The minimum Gasteiger partial charge on any atom is -0.496 e. The van der Waals surface area contributed by atoms with Crippen molar-refractivity contribution in [2.75, 3.05) is 20.3 Å². The number of rotatable bonds is 6. The van der Waals surface area contributed by atoms with Gasteiger partial charge in [-0.3, -0.25) is 9.59 Å². The van der Waals surface area contributed by atoms with Gasteiger partial charge in [0.15, 0.2) is 0 Å². The molecule has 1 aliphatic carbocycles. The molecule has 7 nitrogen and oxygen atoms in total. The molecular formula is C26H31N3O4. The zero-order chi connectivity index (χ0) is 23.4. The zero-order valence-corrected chi connectivity index (χ0v) is 18.9. The zero-order valence-electron chi connectivity index (χ0n) is 18.9. The SMILES string of the molecule is COc1ccccc1-c1ccc(C(=O)N2CC(=N)C[C@H]2C(=O)N[C@@H]2CCCC[C@H]2CO)cc1. The van der Waals surface area contributed by atoms with Crippen LogP contribution in [0.2, 0.25) is 0 Å². The Morgan fingerprint density at radius 1 is 1.12 bits per heavy atom. The Balaban J connectivity index is 1.49. The maximum Gasteiger partial charge on any atom is 0.254 e. The lowest BCUT2D eigenvalue weighted by atomic mass is 9.85. The molecule has 33 heavy (non-hydrogen) atoms. The number of para-hydroxylation sites is 1. The molecule has 0 radical (unpaired) electrons. The Bertz CT molecular complexity index is 1020. The van der Waals surface area contributed by atoms with E-state index in [2.05, 4.69) is 5.32 Å². The molecule has 1 heterocycles. The van der Waals surface area contributed by atoms with Crippen molar-refractivity contribution in [2.45, 2.75) is 44.2 Å². The van der Waals surface area contributed by atoms with Crippen LogP contribution in [0.3, 0.4) is 0 Å². The Morgan fingerprint density at radius 3 is 2.58 bits per heavy atom. The summed E-state index contributed by atoms with van der Waals surface area (Å²) >= 11 is 0. The summed E-state index contributed by atoms with van der Waals surface area (Å²) in [6.07, 6.45) is 4.04. The van der Waals surface area contributed by atoms with E-state index in [1.165, 1.54) is 4.90 Å². The van der Waals surface area contributed by atoms with Crippen LogP contribution in [0.15, 0.2) is 48.5 Å². The van der Waals surface area contributed by atoms with Gasteiger partial charge in [0.2, 0.25) is 5.91 Å². The van der Waals surface area contributed by atoms with Crippen molar-refractivity contribution >= 4 is 17.5 Å². The summed E-state index contributed by atoms with van der Waals surface area (Å²) in [5, 5.41) is 20.8. The van der Waals surface area contributed by atoms with Gasteiger partial charge in [-0.2, -0.15) is 0 Å². The lowest BCUT2D eigenvalue weighted by Crippen LogP contribution is -2.51. The molecule has 3 N–H and O–H groups in total. The number of carbonyl (C=O) groups excluding carboxylic acids is 2. The average molecular weight is 450 g/mol. The van der Waals surface area contributed by atoms with Crippen LogP contribution in [-0.2, 0) is 4.79 Å². The van der Waals surface area contributed by atoms with E-state index in [0.29, 0.717) is 11.3 Å². The summed E-state index contributed by atoms with van der Waals surface area (Å²) in [7, 11) is 1.63. The highest BCUT2D eigenvalue weighted by Crippen LogP contribution is 2.30. The highest BCUT2D eigenvalue weighted by molar-refractivity contribution is 6.04. The number of amides is 2. The fourth-order valence-electron chi connectivity index (χ4n) is 4.91. The predicted molar refractivity (Wildman–Crippen MR) is 127 cm³/mol. The second kappa shape index (κ2) is 10.2. The molecule has 2 amide bonds. The summed E-state index contributed by atoms with van der Waals surface area (Å²) in [4.78, 5) is 27.8. The first kappa shape index (κ1) is 23.0. The van der Waals surface area contributed by atoms with E-state index in [4.69, 9.17) is 10.1 Å². The normalized spacial score (nSPS) is 22.8. The maximum absolute atomic E-state index is 13.3. The first-order valence-electron chi connectivity index (χ1n) is 11.5. The van der Waals surface area contributed by atoms with Gasteiger partial charge in [-0.1, -0.05) is 43.2 Å². The van der Waals surface area contributed by atoms with Gasteiger partial charge in [0.1, 0.15) is 11.8 Å². The van der Waals surface area contributed by atoms with Crippen LogP contribution in [0.5, 0.6) is 5.75 Å². The number of ether oxygens (including phenoxy) is 1. The number of aliphatic hydroxyl groups is 1. The molecule has 2 fully saturated rings. The first-order chi connectivity index (χ1) is 16.0. The number of hydrogen-bond donors (Lipinski definition) is 3. The average Bonchev–Trinajstić information content (AvgIpc) is 3.25. The Labute approximate surface area is 194 Å². The first-order valence-corrected chi connectivity index (χ1v) is 11.5. The second-order valence-corrected chi connectivity index (χ2v) is 8.88. The van der Waals surface area contributed by atoms with Crippen molar-refractivity contribution in [3.8, 4) is 16.9 Å². The number of aliphatic hydroxyl groups excluding tert-OH is 1. The predicted octanol–water partition coefficient (Wildman–Crippen LogP) is 3.26. The van der Waals surface area contributed by atoms with Crippen LogP contribution in [-0.4, -0.2) is 59.9 Å². The molecule has 2 aromatic carbocycles. The molecule has 4 rings (SSSR count). The van der Waals surface area contributed by atoms with Crippen LogP contribution in [0.1, 0.15) is 42.5 Å². The van der Waals surface area contributed by atoms with Gasteiger partial charge in [-0.05, 0) is 36.6 Å². The molecular weight excluding hydrogens is 418 g/mol. The van der Waals surface area contributed by atoms with Crippen molar-refractivity contribution in [1.29, 1.82) is 5.41 Å². The molecule has 7 heteroatoms. The Kier molecular flexibility index (Phi) is 7.08. The molecule has 0 bridgehead atoms. The van der Waals surface area contributed by atoms with Crippen LogP contribution >= 0.6 is 0 Å². The van der Waals surface area contributed by atoms with E-state index in [-0.39, 0.29) is 43.3 Å². The van der Waals surface area contributed by atoms with E-state index in [9.17, 15) is 14.7 Å². The maximum atomic E-state index is 13.3. The lowest BCUT2D eigenvalue weighted by Gasteiger charge is -2.33. The molecule has 2 aliphatic rings. The number of benzene rings is 2. The van der Waals surface area contributed by atoms with E-state index in [1.54, 1.807) is 19.2 Å². The number of hydrogen-bond acceptors (Lipinski definition) is 5. The third-order valence-electron chi connectivity index (χ3n) is 6.76. The quantitative estimate of drug-likeness (QED) is 0.630. The van der Waals surface area contributed by atoms with Crippen LogP contribution in [0.25, 0.3) is 11.1 Å². The van der Waals surface area contributed by atoms with Gasteiger partial charge in [0.25, 0.3) is 5.91 Å². The van der Waals surface area contributed by atoms with Crippen LogP contribution in [0, 0.1) is 11.3 Å². The molecule has 0 unspecified atom stereocenters. The van der Waals surface area contributed by atoms with E-state index >= 15 is 0 Å². The Morgan fingerprint density at radius 2 is 1.85 bits per heavy atom. The van der Waals surface area contributed by atoms with Gasteiger partial charge >= 0.3 is 0 Å². The van der Waals surface area contributed by atoms with E-state index < -0.39 is 6.04 Å². The highest BCUT2D eigenvalue weighted by Gasteiger charge is 2.39. The molecule has 1 saturated heterocycles. The fourth-order valence-corrected chi connectivity index (χ4v) is 4.91. The standard InChI is InChI=1S/C26H31N3O4/c1-33-24-9-5-3-7-21(24)17-10-12-18(13-11-17)26(32)29-15-20(27)14-23(29)25(31)28-22-8-4-2-6-19(22)16-30/h3,5,7,9-13,19,22-23,27,30H,2,4,6,8,14-16H2,1H3,(H,28,31)/t19-,22+,23-/m0/s1. The minimum atomic E-state index is -0.694. The summed E-state index contributed by atoms with van der Waals surface area (Å²) in [6, 6.07) is 14.2. The third-order valence-corrected chi connectivity index (χ3v) is 6.76. The fraction of sp³-hybridized carbons (Fsp3) is 0.423. The van der Waals surface area contributed by atoms with Gasteiger partial charge < -0.3 is 25.5 Å². The van der Waals surface area contributed by atoms with Crippen molar-refractivity contribution < 1.29 is 19.4 Å². The molecule has 1 aliphatic heterocycles. The number of nitrogens with zero attached hydrogens (tertiary/aromatic N) is 1. The van der Waals surface area contributed by atoms with Gasteiger partial charge in [-0.15, -0.1) is 0 Å². The molecule has 0 spiro atoms. The number of carbonyl (C=O) groups is 2. The minimum absolute atomic E-state index is 0.0482. The van der Waals surface area contributed by atoms with Crippen LogP contribution < -0.4 is 10.1 Å². The topological polar surface area (TPSA) is 103 Å². The highest BCUT2D eigenvalue weighted by atomic mass is 16.5. The summed E-state index contributed by atoms with van der Waals surface area (Å²) in [6.45, 7) is 0.200. The summed E-state index contributed by atoms with van der Waals surface area (Å²) < 4.78 is 5.43. The van der Waals surface area contributed by atoms with Crippen molar-refractivity contribution in [1.82, 2.24) is 10.2 Å². The molecule has 1 saturated carbocycles. The molecule has 174 valence electrons. The summed E-state index contributed by atoms with van der Waals surface area (Å²) in [5.74, 6) is 0.313.